The van der Waals surface area contributed by atoms with E-state index in [9.17, 15) is 9.59 Å². The molecule has 1 aromatic heterocycles. The van der Waals surface area contributed by atoms with Gasteiger partial charge in [-0.15, -0.1) is 0 Å². The first-order chi connectivity index (χ1) is 12.8. The highest BCUT2D eigenvalue weighted by molar-refractivity contribution is 7.80. The molecular weight excluding hydrogens is 386 g/mol. The molecule has 3 atom stereocenters. The van der Waals surface area contributed by atoms with Gasteiger partial charge in [-0.3, -0.25) is 20.4 Å². The Labute approximate surface area is 167 Å². The van der Waals surface area contributed by atoms with Crippen molar-refractivity contribution in [3.63, 3.8) is 0 Å². The van der Waals surface area contributed by atoms with Crippen molar-refractivity contribution in [1.29, 1.82) is 0 Å². The Hall–Kier alpha value is -2.12. The van der Waals surface area contributed by atoms with Crippen molar-refractivity contribution < 1.29 is 9.21 Å². The van der Waals surface area contributed by atoms with Crippen LogP contribution in [0.4, 0.5) is 0 Å². The molecule has 1 amide bonds. The van der Waals surface area contributed by atoms with Gasteiger partial charge in [-0.2, -0.15) is 0 Å². The number of thiocarbonyl (C=S) groups is 1. The van der Waals surface area contributed by atoms with E-state index < -0.39 is 5.91 Å². The lowest BCUT2D eigenvalue weighted by Crippen LogP contribution is -2.52. The van der Waals surface area contributed by atoms with Crippen molar-refractivity contribution in [2.45, 2.75) is 39.2 Å². The Morgan fingerprint density at radius 3 is 2.78 bits per heavy atom. The summed E-state index contributed by atoms with van der Waals surface area (Å²) in [6.45, 7) is 4.45. The van der Waals surface area contributed by atoms with Crippen LogP contribution in [-0.2, 0) is 0 Å². The van der Waals surface area contributed by atoms with Crippen LogP contribution in [0.1, 0.15) is 43.7 Å². The molecule has 1 fully saturated rings. The number of hydrazine groups is 1. The second kappa shape index (κ2) is 8.27. The fourth-order valence-corrected chi connectivity index (χ4v) is 3.78. The molecule has 0 spiro atoms. The molecule has 8 heteroatoms. The molecule has 3 N–H and O–H groups in total. The number of hydrogen-bond donors (Lipinski definition) is 3. The second-order valence-corrected chi connectivity index (χ2v) is 7.89. The Kier molecular flexibility index (Phi) is 6.01. The summed E-state index contributed by atoms with van der Waals surface area (Å²) in [6.07, 6.45) is 3.43. The molecule has 1 aliphatic carbocycles. The largest absolute Gasteiger partial charge is 0.451 e. The Morgan fingerprint density at radius 1 is 1.22 bits per heavy atom. The van der Waals surface area contributed by atoms with E-state index in [2.05, 4.69) is 30.0 Å². The Bertz CT molecular complexity index is 930. The molecule has 0 saturated heterocycles. The third kappa shape index (κ3) is 4.59. The Morgan fingerprint density at radius 2 is 2.00 bits per heavy atom. The summed E-state index contributed by atoms with van der Waals surface area (Å²) in [7, 11) is 0. The van der Waals surface area contributed by atoms with Gasteiger partial charge >= 0.3 is 5.91 Å². The van der Waals surface area contributed by atoms with E-state index >= 15 is 0 Å². The summed E-state index contributed by atoms with van der Waals surface area (Å²) in [4.78, 5) is 24.5. The summed E-state index contributed by atoms with van der Waals surface area (Å²) in [6, 6.07) is 6.07. The average Bonchev–Trinajstić information content (AvgIpc) is 2.64. The van der Waals surface area contributed by atoms with E-state index in [4.69, 9.17) is 28.2 Å². The zero-order valence-electron chi connectivity index (χ0n) is 15.2. The topological polar surface area (TPSA) is 83.4 Å². The highest BCUT2D eigenvalue weighted by atomic mass is 35.5. The molecule has 0 unspecified atom stereocenters. The van der Waals surface area contributed by atoms with Crippen molar-refractivity contribution >= 4 is 45.8 Å². The number of hydrogen-bond acceptors (Lipinski definition) is 4. The van der Waals surface area contributed by atoms with Crippen molar-refractivity contribution in [3.8, 4) is 0 Å². The van der Waals surface area contributed by atoms with Gasteiger partial charge in [0.25, 0.3) is 0 Å². The standard InChI is InChI=1S/C19H22ClN3O3S/c1-10-4-3-5-14(11(10)2)21-19(27)23-22-18(25)17-9-15(24)13-8-12(20)6-7-16(13)26-17/h6-11,14H,3-5H2,1-2H3,(H,22,25)(H2,21,23,27)/t10-,11+,14-/m0/s1. The van der Waals surface area contributed by atoms with Gasteiger partial charge in [0.05, 0.1) is 5.39 Å². The van der Waals surface area contributed by atoms with Gasteiger partial charge in [0.2, 0.25) is 0 Å². The van der Waals surface area contributed by atoms with Crippen LogP contribution in [0.25, 0.3) is 11.0 Å². The normalized spacial score (nSPS) is 22.3. The van der Waals surface area contributed by atoms with Crippen molar-refractivity contribution in [1.82, 2.24) is 16.2 Å². The summed E-state index contributed by atoms with van der Waals surface area (Å²) in [5.41, 5.74) is 5.10. The number of carbonyl (C=O) groups is 1. The fourth-order valence-electron chi connectivity index (χ4n) is 3.41. The molecule has 1 saturated carbocycles. The van der Waals surface area contributed by atoms with E-state index in [1.165, 1.54) is 12.5 Å². The molecule has 144 valence electrons. The van der Waals surface area contributed by atoms with Crippen molar-refractivity contribution in [2.75, 3.05) is 0 Å². The van der Waals surface area contributed by atoms with E-state index in [-0.39, 0.29) is 17.2 Å². The quantitative estimate of drug-likeness (QED) is 0.523. The minimum absolute atomic E-state index is 0.107. The minimum Gasteiger partial charge on any atom is -0.451 e. The third-order valence-corrected chi connectivity index (χ3v) is 5.68. The van der Waals surface area contributed by atoms with Gasteiger partial charge in [-0.25, -0.2) is 0 Å². The lowest BCUT2D eigenvalue weighted by atomic mass is 9.78. The number of halogens is 1. The lowest BCUT2D eigenvalue weighted by molar-refractivity contribution is 0.0916. The van der Waals surface area contributed by atoms with Crippen LogP contribution in [0.5, 0.6) is 0 Å². The molecule has 0 aliphatic heterocycles. The molecule has 3 rings (SSSR count). The molecule has 0 radical (unpaired) electrons. The SMILES string of the molecule is C[C@H]1[C@@H](NC(=S)NNC(=O)c2cc(=O)c3cc(Cl)ccc3o2)CCC[C@@H]1C. The van der Waals surface area contributed by atoms with Gasteiger partial charge in [-0.1, -0.05) is 38.3 Å². The molecule has 6 nitrogen and oxygen atoms in total. The van der Waals surface area contributed by atoms with Crippen LogP contribution >= 0.6 is 23.8 Å². The van der Waals surface area contributed by atoms with E-state index in [1.54, 1.807) is 12.1 Å². The highest BCUT2D eigenvalue weighted by Gasteiger charge is 2.27. The summed E-state index contributed by atoms with van der Waals surface area (Å²) in [5.74, 6) is 0.441. The maximum absolute atomic E-state index is 12.3. The number of rotatable bonds is 2. The van der Waals surface area contributed by atoms with Gasteiger partial charge in [0.15, 0.2) is 16.3 Å². The zero-order valence-corrected chi connectivity index (χ0v) is 16.7. The number of amides is 1. The van der Waals surface area contributed by atoms with E-state index in [0.29, 0.717) is 32.9 Å². The number of fused-ring (bicyclic) bond motifs is 1. The predicted molar refractivity (Wildman–Crippen MR) is 110 cm³/mol. The predicted octanol–water partition coefficient (Wildman–Crippen LogP) is 3.38. The average molecular weight is 408 g/mol. The first-order valence-corrected chi connectivity index (χ1v) is 9.74. The van der Waals surface area contributed by atoms with Crippen LogP contribution in [0.3, 0.4) is 0 Å². The number of benzene rings is 1. The molecular formula is C19H22ClN3O3S. The van der Waals surface area contributed by atoms with Crippen molar-refractivity contribution in [2.24, 2.45) is 11.8 Å². The molecule has 2 aromatic rings. The maximum Gasteiger partial charge on any atom is 0.305 e. The first kappa shape index (κ1) is 19.6. The smallest absolute Gasteiger partial charge is 0.305 e. The van der Waals surface area contributed by atoms with Crippen LogP contribution in [0, 0.1) is 11.8 Å². The van der Waals surface area contributed by atoms with Gasteiger partial charge in [0, 0.05) is 17.1 Å². The first-order valence-electron chi connectivity index (χ1n) is 8.95. The number of nitrogens with one attached hydrogen (secondary N) is 3. The van der Waals surface area contributed by atoms with Gasteiger partial charge in [-0.05, 0) is 48.7 Å². The zero-order chi connectivity index (χ0) is 19.6. The van der Waals surface area contributed by atoms with Crippen LogP contribution in [0.15, 0.2) is 33.5 Å². The van der Waals surface area contributed by atoms with E-state index in [1.807, 2.05) is 0 Å². The van der Waals surface area contributed by atoms with Crippen LogP contribution in [-0.4, -0.2) is 17.1 Å². The second-order valence-electron chi connectivity index (χ2n) is 7.04. The highest BCUT2D eigenvalue weighted by Crippen LogP contribution is 2.29. The molecule has 1 aliphatic rings. The lowest BCUT2D eigenvalue weighted by Gasteiger charge is -2.35. The van der Waals surface area contributed by atoms with Crippen molar-refractivity contribution in [3.05, 3.63) is 45.3 Å². The van der Waals surface area contributed by atoms with E-state index in [0.717, 1.165) is 18.9 Å². The van der Waals surface area contributed by atoms with Crippen LogP contribution in [0.2, 0.25) is 5.02 Å². The molecule has 1 aromatic carbocycles. The van der Waals surface area contributed by atoms with Crippen LogP contribution < -0.4 is 21.6 Å². The molecule has 1 heterocycles. The van der Waals surface area contributed by atoms with Gasteiger partial charge in [0.1, 0.15) is 5.58 Å². The Balaban J connectivity index is 1.62. The summed E-state index contributed by atoms with van der Waals surface area (Å²) in [5, 5.41) is 4.34. The monoisotopic (exact) mass is 407 g/mol. The summed E-state index contributed by atoms with van der Waals surface area (Å²) < 4.78 is 5.50. The maximum atomic E-state index is 12.3. The molecule has 0 bridgehead atoms. The van der Waals surface area contributed by atoms with Gasteiger partial charge < -0.3 is 9.73 Å². The fraction of sp³-hybridized carbons (Fsp3) is 0.421. The molecule has 27 heavy (non-hydrogen) atoms. The third-order valence-electron chi connectivity index (χ3n) is 5.23. The minimum atomic E-state index is -0.585. The summed E-state index contributed by atoms with van der Waals surface area (Å²) >= 11 is 11.2. The number of carbonyl (C=O) groups excluding carboxylic acids is 1.